The lowest BCUT2D eigenvalue weighted by Gasteiger charge is -2.19. The minimum absolute atomic E-state index is 0.0339. The molecule has 0 aliphatic rings. The maximum absolute atomic E-state index is 12.1. The van der Waals surface area contributed by atoms with Gasteiger partial charge in [0.05, 0.1) is 12.6 Å². The van der Waals surface area contributed by atoms with Crippen LogP contribution in [0.4, 0.5) is 0 Å². The number of aliphatic hydroxyl groups is 1. The first-order valence-electron chi connectivity index (χ1n) is 7.73. The van der Waals surface area contributed by atoms with Gasteiger partial charge in [0.2, 0.25) is 15.7 Å². The number of amides is 1. The van der Waals surface area contributed by atoms with Gasteiger partial charge in [-0.1, -0.05) is 30.3 Å². The smallest absolute Gasteiger partial charge is 0.346 e. The number of nitrogens with one attached hydrogen (secondary N) is 1. The second-order valence-electron chi connectivity index (χ2n) is 5.48. The van der Waals surface area contributed by atoms with Crippen LogP contribution in [0.25, 0.3) is 0 Å². The Morgan fingerprint density at radius 1 is 1.19 bits per heavy atom. The van der Waals surface area contributed by atoms with Crippen molar-refractivity contribution in [3.8, 4) is 0 Å². The Morgan fingerprint density at radius 3 is 2.23 bits per heavy atom. The molecule has 1 atom stereocenters. The number of benzene rings is 1. The van der Waals surface area contributed by atoms with E-state index < -0.39 is 44.2 Å². The van der Waals surface area contributed by atoms with Crippen LogP contribution in [0, 0.1) is 0 Å². The van der Waals surface area contributed by atoms with Gasteiger partial charge in [-0.05, 0) is 18.9 Å². The molecule has 0 aliphatic carbocycles. The molecule has 1 aromatic carbocycles. The zero-order valence-corrected chi connectivity index (χ0v) is 15.5. The fourth-order valence-electron chi connectivity index (χ4n) is 2.17. The van der Waals surface area contributed by atoms with E-state index in [9.17, 15) is 27.9 Å². The van der Waals surface area contributed by atoms with Gasteiger partial charge < -0.3 is 15.2 Å². The third-order valence-corrected chi connectivity index (χ3v) is 4.14. The molecule has 0 spiro atoms. The second-order valence-corrected chi connectivity index (χ2v) is 7.40. The highest BCUT2D eigenvalue weighted by Gasteiger charge is 2.34. The maximum atomic E-state index is 12.1. The average Bonchev–Trinajstić information content (AvgIpc) is 2.54. The van der Waals surface area contributed by atoms with Crippen molar-refractivity contribution in [1.29, 1.82) is 0 Å². The predicted octanol–water partition coefficient (Wildman–Crippen LogP) is 0.680. The van der Waals surface area contributed by atoms with E-state index >= 15 is 0 Å². The third kappa shape index (κ3) is 5.99. The molecule has 8 nitrogen and oxygen atoms in total. The summed E-state index contributed by atoms with van der Waals surface area (Å²) in [7, 11) is -4.32. The normalized spacial score (nSPS) is 13.3. The number of hydrogen-bond acceptors (Lipinski definition) is 7. The lowest BCUT2D eigenvalue weighted by atomic mass is 10.0. The van der Waals surface area contributed by atoms with Crippen molar-refractivity contribution in [1.82, 2.24) is 5.32 Å². The lowest BCUT2D eigenvalue weighted by Crippen LogP contribution is -2.39. The molecule has 0 unspecified atom stereocenters. The van der Waals surface area contributed by atoms with Crippen LogP contribution in [0.3, 0.4) is 0 Å². The van der Waals surface area contributed by atoms with Crippen molar-refractivity contribution in [2.45, 2.75) is 26.3 Å². The van der Waals surface area contributed by atoms with E-state index in [0.29, 0.717) is 11.8 Å². The summed E-state index contributed by atoms with van der Waals surface area (Å²) < 4.78 is 27.9. The number of esters is 1. The van der Waals surface area contributed by atoms with Gasteiger partial charge in [0, 0.05) is 13.2 Å². The zero-order chi connectivity index (χ0) is 19.9. The SMILES string of the molecule is CCOC(=O)/C(C(=O)S(C)(=O)=O)=C(/O)[C@H](Cc1ccccc1)NC(C)=O. The Balaban J connectivity index is 3.44. The Labute approximate surface area is 151 Å². The van der Waals surface area contributed by atoms with Crippen LogP contribution in [0.2, 0.25) is 0 Å². The van der Waals surface area contributed by atoms with Crippen LogP contribution in [0.15, 0.2) is 41.7 Å². The Kier molecular flexibility index (Phi) is 7.51. The molecule has 26 heavy (non-hydrogen) atoms. The van der Waals surface area contributed by atoms with Crippen molar-refractivity contribution in [2.75, 3.05) is 12.9 Å². The summed E-state index contributed by atoms with van der Waals surface area (Å²) in [6, 6.07) is 7.47. The van der Waals surface area contributed by atoms with Crippen LogP contribution in [-0.2, 0) is 35.4 Å². The summed E-state index contributed by atoms with van der Waals surface area (Å²) in [6.45, 7) is 2.52. The minimum Gasteiger partial charge on any atom is -0.509 e. The maximum Gasteiger partial charge on any atom is 0.346 e. The minimum atomic E-state index is -4.32. The molecule has 9 heteroatoms. The van der Waals surface area contributed by atoms with Gasteiger partial charge in [-0.2, -0.15) is 0 Å². The van der Waals surface area contributed by atoms with Gasteiger partial charge >= 0.3 is 5.97 Å². The molecule has 142 valence electrons. The second kappa shape index (κ2) is 9.14. The molecule has 0 heterocycles. The molecule has 0 fully saturated rings. The highest BCUT2D eigenvalue weighted by Crippen LogP contribution is 2.17. The van der Waals surface area contributed by atoms with Crippen LogP contribution < -0.4 is 5.32 Å². The van der Waals surface area contributed by atoms with Gasteiger partial charge in [-0.15, -0.1) is 0 Å². The zero-order valence-electron chi connectivity index (χ0n) is 14.7. The molecular formula is C17H21NO7S. The summed E-state index contributed by atoms with van der Waals surface area (Å²) in [5.41, 5.74) is -0.322. The van der Waals surface area contributed by atoms with Crippen LogP contribution in [-0.4, -0.2) is 49.4 Å². The van der Waals surface area contributed by atoms with Gasteiger partial charge in [0.15, 0.2) is 5.57 Å². The average molecular weight is 383 g/mol. The number of hydrogen-bond donors (Lipinski definition) is 2. The van der Waals surface area contributed by atoms with E-state index in [1.165, 1.54) is 13.8 Å². The van der Waals surface area contributed by atoms with Crippen LogP contribution in [0.5, 0.6) is 0 Å². The molecule has 0 saturated carbocycles. The monoisotopic (exact) mass is 383 g/mol. The van der Waals surface area contributed by atoms with E-state index in [1.807, 2.05) is 0 Å². The molecule has 1 aromatic rings. The van der Waals surface area contributed by atoms with Crippen LogP contribution in [0.1, 0.15) is 19.4 Å². The molecule has 0 aromatic heterocycles. The molecule has 0 saturated heterocycles. The van der Waals surface area contributed by atoms with Gasteiger partial charge in [-0.3, -0.25) is 9.59 Å². The van der Waals surface area contributed by atoms with E-state index in [-0.39, 0.29) is 13.0 Å². The number of ether oxygens (including phenoxy) is 1. The fraction of sp³-hybridized carbons (Fsp3) is 0.353. The van der Waals surface area contributed by atoms with Gasteiger partial charge in [0.1, 0.15) is 5.76 Å². The van der Waals surface area contributed by atoms with E-state index in [4.69, 9.17) is 4.74 Å². The Bertz CT molecular complexity index is 813. The molecule has 1 amide bonds. The first-order chi connectivity index (χ1) is 12.1. The van der Waals surface area contributed by atoms with Crippen LogP contribution >= 0.6 is 0 Å². The summed E-state index contributed by atoms with van der Waals surface area (Å²) in [5, 5.41) is 11.3. The van der Waals surface area contributed by atoms with E-state index in [2.05, 4.69) is 5.32 Å². The first-order valence-corrected chi connectivity index (χ1v) is 9.62. The number of rotatable bonds is 7. The first kappa shape index (κ1) is 21.4. The van der Waals surface area contributed by atoms with Crippen molar-refractivity contribution >= 4 is 26.8 Å². The molecule has 0 radical (unpaired) electrons. The highest BCUT2D eigenvalue weighted by atomic mass is 32.2. The number of carbonyl (C=O) groups excluding carboxylic acids is 3. The summed E-state index contributed by atoms with van der Waals surface area (Å²) in [4.78, 5) is 35.7. The number of aliphatic hydroxyl groups excluding tert-OH is 1. The van der Waals surface area contributed by atoms with Gasteiger partial charge in [0.25, 0.3) is 5.12 Å². The Morgan fingerprint density at radius 2 is 1.77 bits per heavy atom. The Hall–Kier alpha value is -2.68. The quantitative estimate of drug-likeness (QED) is 0.233. The number of sulfone groups is 1. The number of carbonyl (C=O) groups is 3. The predicted molar refractivity (Wildman–Crippen MR) is 93.9 cm³/mol. The fourth-order valence-corrected chi connectivity index (χ4v) is 2.73. The molecule has 2 N–H and O–H groups in total. The highest BCUT2D eigenvalue weighted by molar-refractivity contribution is 8.06. The standard InChI is InChI=1S/C17H21NO7S/c1-4-25-16(21)14(17(22)26(3,23)24)15(20)13(18-11(2)19)10-12-8-6-5-7-9-12/h5-9,13,20H,4,10H2,1-3H3,(H,18,19)/b15-14-/t13-/m0/s1. The van der Waals surface area contributed by atoms with Crippen molar-refractivity contribution in [3.63, 3.8) is 0 Å². The van der Waals surface area contributed by atoms with E-state index in [1.54, 1.807) is 30.3 Å². The van der Waals surface area contributed by atoms with Crippen molar-refractivity contribution in [2.24, 2.45) is 0 Å². The largest absolute Gasteiger partial charge is 0.509 e. The summed E-state index contributed by atoms with van der Waals surface area (Å²) in [6.07, 6.45) is 0.651. The topological polar surface area (TPSA) is 127 Å². The lowest BCUT2D eigenvalue weighted by molar-refractivity contribution is -0.139. The van der Waals surface area contributed by atoms with Crippen molar-refractivity contribution < 1.29 is 32.6 Å². The summed E-state index contributed by atoms with van der Waals surface area (Å²) in [5.74, 6) is -2.67. The molecule has 0 bridgehead atoms. The molecular weight excluding hydrogens is 362 g/mol. The summed E-state index contributed by atoms with van der Waals surface area (Å²) >= 11 is 0. The van der Waals surface area contributed by atoms with Gasteiger partial charge in [-0.25, -0.2) is 13.2 Å². The molecule has 0 aliphatic heterocycles. The third-order valence-electron chi connectivity index (χ3n) is 3.27. The van der Waals surface area contributed by atoms with Crippen molar-refractivity contribution in [3.05, 3.63) is 47.2 Å². The molecule has 1 rings (SSSR count). The van der Waals surface area contributed by atoms with E-state index in [0.717, 1.165) is 0 Å².